The van der Waals surface area contributed by atoms with E-state index in [1.54, 1.807) is 24.3 Å². The maximum atomic E-state index is 12.3. The highest BCUT2D eigenvalue weighted by molar-refractivity contribution is 6.04. The first kappa shape index (κ1) is 15.0. The highest BCUT2D eigenvalue weighted by Crippen LogP contribution is 2.23. The Bertz CT molecular complexity index is 1020. The predicted octanol–water partition coefficient (Wildman–Crippen LogP) is 4.06. The lowest BCUT2D eigenvalue weighted by Crippen LogP contribution is -2.11. The summed E-state index contributed by atoms with van der Waals surface area (Å²) in [6.45, 7) is 0. The van der Waals surface area contributed by atoms with Crippen LogP contribution in [0.3, 0.4) is 0 Å². The van der Waals surface area contributed by atoms with E-state index in [0.717, 1.165) is 22.4 Å². The number of anilines is 2. The highest BCUT2D eigenvalue weighted by atomic mass is 16.1. The van der Waals surface area contributed by atoms with Crippen molar-refractivity contribution in [2.45, 2.75) is 0 Å². The molecule has 0 radical (unpaired) electrons. The molecule has 0 bridgehead atoms. The van der Waals surface area contributed by atoms with Gasteiger partial charge in [-0.15, -0.1) is 0 Å². The van der Waals surface area contributed by atoms with Crippen molar-refractivity contribution in [2.24, 2.45) is 0 Å². The van der Waals surface area contributed by atoms with Crippen LogP contribution >= 0.6 is 0 Å². The number of fused-ring (bicyclic) bond motifs is 1. The number of rotatable bonds is 3. The lowest BCUT2D eigenvalue weighted by molar-refractivity contribution is 0.102. The van der Waals surface area contributed by atoms with Gasteiger partial charge in [-0.05, 0) is 48.5 Å². The number of nitrogen functional groups attached to an aromatic ring is 1. The van der Waals surface area contributed by atoms with E-state index in [0.29, 0.717) is 16.9 Å². The van der Waals surface area contributed by atoms with E-state index in [1.165, 1.54) is 0 Å². The van der Waals surface area contributed by atoms with Gasteiger partial charge in [-0.3, -0.25) is 4.79 Å². The van der Waals surface area contributed by atoms with Crippen LogP contribution < -0.4 is 11.1 Å². The van der Waals surface area contributed by atoms with E-state index >= 15 is 0 Å². The van der Waals surface area contributed by atoms with Crippen molar-refractivity contribution in [3.8, 4) is 11.4 Å². The Balaban J connectivity index is 1.60. The lowest BCUT2D eigenvalue weighted by atomic mass is 10.1. The highest BCUT2D eigenvalue weighted by Gasteiger charge is 2.08. The normalized spacial score (nSPS) is 10.7. The Kier molecular flexibility index (Phi) is 3.67. The summed E-state index contributed by atoms with van der Waals surface area (Å²) in [5, 5.41) is 2.90. The summed E-state index contributed by atoms with van der Waals surface area (Å²) in [5.74, 6) is 0.589. The zero-order valence-electron chi connectivity index (χ0n) is 13.4. The summed E-state index contributed by atoms with van der Waals surface area (Å²) >= 11 is 0. The van der Waals surface area contributed by atoms with Crippen molar-refractivity contribution in [2.75, 3.05) is 11.1 Å². The third-order valence-electron chi connectivity index (χ3n) is 3.96. The number of nitrogens with two attached hydrogens (primary N) is 1. The molecule has 0 aliphatic heterocycles. The summed E-state index contributed by atoms with van der Waals surface area (Å²) in [7, 11) is 0. The minimum absolute atomic E-state index is 0.179. The average molecular weight is 328 g/mol. The number of amides is 1. The van der Waals surface area contributed by atoms with Crippen molar-refractivity contribution in [3.05, 3.63) is 78.4 Å². The number of imidazole rings is 1. The molecule has 0 unspecified atom stereocenters. The SMILES string of the molecule is Nc1ccc(C(=O)Nc2cccc(-c3nc4ccccc4[nH]3)c2)cc1. The van der Waals surface area contributed by atoms with E-state index in [9.17, 15) is 4.79 Å². The first-order valence-corrected chi connectivity index (χ1v) is 7.91. The molecule has 1 amide bonds. The molecule has 0 atom stereocenters. The van der Waals surface area contributed by atoms with E-state index in [2.05, 4.69) is 15.3 Å². The monoisotopic (exact) mass is 328 g/mol. The second-order valence-electron chi connectivity index (χ2n) is 5.76. The Morgan fingerprint density at radius 2 is 1.76 bits per heavy atom. The van der Waals surface area contributed by atoms with Gasteiger partial charge >= 0.3 is 0 Å². The van der Waals surface area contributed by atoms with Crippen LogP contribution in [0.15, 0.2) is 72.8 Å². The molecule has 0 saturated heterocycles. The van der Waals surface area contributed by atoms with Crippen LogP contribution in [-0.4, -0.2) is 15.9 Å². The van der Waals surface area contributed by atoms with E-state index in [-0.39, 0.29) is 5.91 Å². The van der Waals surface area contributed by atoms with Gasteiger partial charge in [0.25, 0.3) is 5.91 Å². The number of H-pyrrole nitrogens is 1. The quantitative estimate of drug-likeness (QED) is 0.496. The van der Waals surface area contributed by atoms with Crippen LogP contribution in [0.2, 0.25) is 0 Å². The van der Waals surface area contributed by atoms with Gasteiger partial charge in [-0.2, -0.15) is 0 Å². The molecule has 0 saturated carbocycles. The van der Waals surface area contributed by atoms with Crippen molar-refractivity contribution < 1.29 is 4.79 Å². The molecule has 0 spiro atoms. The standard InChI is InChI=1S/C20H16N4O/c21-15-10-8-13(9-11-15)20(25)22-16-5-3-4-14(12-16)19-23-17-6-1-2-7-18(17)24-19/h1-12H,21H2,(H,22,25)(H,23,24). The van der Waals surface area contributed by atoms with Crippen LogP contribution in [-0.2, 0) is 0 Å². The lowest BCUT2D eigenvalue weighted by Gasteiger charge is -2.07. The molecule has 5 nitrogen and oxygen atoms in total. The molecule has 122 valence electrons. The van der Waals surface area contributed by atoms with Crippen LogP contribution in [0, 0.1) is 0 Å². The topological polar surface area (TPSA) is 83.8 Å². The van der Waals surface area contributed by atoms with Crippen LogP contribution in [0.4, 0.5) is 11.4 Å². The second-order valence-corrected chi connectivity index (χ2v) is 5.76. The number of hydrogen-bond acceptors (Lipinski definition) is 3. The summed E-state index contributed by atoms with van der Waals surface area (Å²) in [6.07, 6.45) is 0. The fourth-order valence-corrected chi connectivity index (χ4v) is 2.67. The van der Waals surface area contributed by atoms with E-state index in [1.807, 2.05) is 48.5 Å². The number of para-hydroxylation sites is 2. The minimum atomic E-state index is -0.179. The third-order valence-corrected chi connectivity index (χ3v) is 3.96. The van der Waals surface area contributed by atoms with E-state index in [4.69, 9.17) is 5.73 Å². The predicted molar refractivity (Wildman–Crippen MR) is 100 cm³/mol. The van der Waals surface area contributed by atoms with Crippen molar-refractivity contribution >= 4 is 28.3 Å². The van der Waals surface area contributed by atoms with Crippen LogP contribution in [0.5, 0.6) is 0 Å². The molecule has 4 rings (SSSR count). The minimum Gasteiger partial charge on any atom is -0.399 e. The smallest absolute Gasteiger partial charge is 0.255 e. The average Bonchev–Trinajstić information content (AvgIpc) is 3.07. The van der Waals surface area contributed by atoms with Gasteiger partial charge in [0.1, 0.15) is 5.82 Å². The number of aromatic amines is 1. The molecule has 0 aliphatic rings. The number of nitrogens with one attached hydrogen (secondary N) is 2. The molecule has 0 fully saturated rings. The molecular weight excluding hydrogens is 312 g/mol. The fraction of sp³-hybridized carbons (Fsp3) is 0. The molecule has 0 aliphatic carbocycles. The Labute approximate surface area is 144 Å². The van der Waals surface area contributed by atoms with E-state index < -0.39 is 0 Å². The van der Waals surface area contributed by atoms with Crippen molar-refractivity contribution in [1.82, 2.24) is 9.97 Å². The van der Waals surface area contributed by atoms with Crippen molar-refractivity contribution in [3.63, 3.8) is 0 Å². The largest absolute Gasteiger partial charge is 0.399 e. The van der Waals surface area contributed by atoms with Gasteiger partial charge in [0.05, 0.1) is 11.0 Å². The molecule has 3 aromatic carbocycles. The van der Waals surface area contributed by atoms with Gasteiger partial charge in [0.2, 0.25) is 0 Å². The number of nitrogens with zero attached hydrogens (tertiary/aromatic N) is 1. The Hall–Kier alpha value is -3.60. The molecular formula is C20H16N4O. The number of carbonyl (C=O) groups excluding carboxylic acids is 1. The zero-order valence-corrected chi connectivity index (χ0v) is 13.4. The Morgan fingerprint density at radius 3 is 2.56 bits per heavy atom. The molecule has 1 heterocycles. The van der Waals surface area contributed by atoms with Crippen LogP contribution in [0.25, 0.3) is 22.4 Å². The molecule has 5 heteroatoms. The summed E-state index contributed by atoms with van der Waals surface area (Å²) < 4.78 is 0. The molecule has 4 aromatic rings. The second kappa shape index (κ2) is 6.13. The molecule has 1 aromatic heterocycles. The molecule has 4 N–H and O–H groups in total. The summed E-state index contributed by atoms with van der Waals surface area (Å²) in [6, 6.07) is 22.3. The van der Waals surface area contributed by atoms with Gasteiger partial charge in [-0.1, -0.05) is 24.3 Å². The van der Waals surface area contributed by atoms with Gasteiger partial charge in [0, 0.05) is 22.5 Å². The maximum absolute atomic E-state index is 12.3. The van der Waals surface area contributed by atoms with Gasteiger partial charge < -0.3 is 16.0 Å². The number of carbonyl (C=O) groups is 1. The number of aromatic nitrogens is 2. The number of hydrogen-bond donors (Lipinski definition) is 3. The molecule has 25 heavy (non-hydrogen) atoms. The number of benzene rings is 3. The van der Waals surface area contributed by atoms with Crippen LogP contribution in [0.1, 0.15) is 10.4 Å². The zero-order chi connectivity index (χ0) is 17.2. The first-order chi connectivity index (χ1) is 12.2. The first-order valence-electron chi connectivity index (χ1n) is 7.91. The van der Waals surface area contributed by atoms with Crippen molar-refractivity contribution in [1.29, 1.82) is 0 Å². The summed E-state index contributed by atoms with van der Waals surface area (Å²) in [4.78, 5) is 20.2. The maximum Gasteiger partial charge on any atom is 0.255 e. The van der Waals surface area contributed by atoms with Gasteiger partial charge in [0.15, 0.2) is 0 Å². The summed E-state index contributed by atoms with van der Waals surface area (Å²) in [5.41, 5.74) is 10.3. The fourth-order valence-electron chi connectivity index (χ4n) is 2.67. The Morgan fingerprint density at radius 1 is 0.960 bits per heavy atom. The van der Waals surface area contributed by atoms with Gasteiger partial charge in [-0.25, -0.2) is 4.98 Å². The third kappa shape index (κ3) is 3.07.